The first-order valence-corrected chi connectivity index (χ1v) is 7.11. The van der Waals surface area contributed by atoms with Gasteiger partial charge in [-0.1, -0.05) is 19.9 Å². The zero-order valence-electron chi connectivity index (χ0n) is 11.1. The second-order valence-electron chi connectivity index (χ2n) is 4.54. The first kappa shape index (κ1) is 15.3. The number of hydrogen-bond acceptors (Lipinski definition) is 4. The number of nitrogens with two attached hydrogens (primary N) is 1. The molecule has 0 amide bonds. The van der Waals surface area contributed by atoms with Gasteiger partial charge in [0, 0.05) is 5.75 Å². The molecule has 5 heteroatoms. The van der Waals surface area contributed by atoms with Crippen molar-refractivity contribution in [2.75, 3.05) is 18.6 Å². The molecule has 0 heterocycles. The average Bonchev–Trinajstić information content (AvgIpc) is 2.34. The number of thioether (sulfide) groups is 1. The normalized spacial score (nSPS) is 12.8. The monoisotopic (exact) mass is 272 g/mol. The molecule has 1 unspecified atom stereocenters. The van der Waals surface area contributed by atoms with Gasteiger partial charge in [-0.25, -0.2) is 4.39 Å². The fourth-order valence-corrected chi connectivity index (χ4v) is 2.69. The molecule has 3 nitrogen and oxygen atoms in total. The SMILES string of the molecule is COc1ccc(C(CSCC(C)C)NN)cc1F. The van der Waals surface area contributed by atoms with E-state index in [1.54, 1.807) is 6.07 Å². The quantitative estimate of drug-likeness (QED) is 0.592. The Kier molecular flexibility index (Phi) is 6.46. The van der Waals surface area contributed by atoms with Gasteiger partial charge >= 0.3 is 0 Å². The van der Waals surface area contributed by atoms with Gasteiger partial charge in [0.1, 0.15) is 0 Å². The van der Waals surface area contributed by atoms with Crippen LogP contribution in [0.5, 0.6) is 5.75 Å². The van der Waals surface area contributed by atoms with Crippen LogP contribution in [0, 0.1) is 11.7 Å². The number of benzene rings is 1. The molecule has 0 saturated carbocycles. The molecule has 3 N–H and O–H groups in total. The largest absolute Gasteiger partial charge is 0.494 e. The first-order valence-electron chi connectivity index (χ1n) is 5.95. The summed E-state index contributed by atoms with van der Waals surface area (Å²) in [5.74, 6) is 7.95. The van der Waals surface area contributed by atoms with E-state index in [1.165, 1.54) is 13.2 Å². The molecule has 1 aromatic carbocycles. The van der Waals surface area contributed by atoms with Gasteiger partial charge in [0.15, 0.2) is 11.6 Å². The van der Waals surface area contributed by atoms with Crippen LogP contribution in [0.2, 0.25) is 0 Å². The minimum Gasteiger partial charge on any atom is -0.494 e. The smallest absolute Gasteiger partial charge is 0.165 e. The Balaban J connectivity index is 2.67. The molecule has 0 aromatic heterocycles. The standard InChI is InChI=1S/C13H21FN2OS/c1-9(2)7-18-8-12(16-15)10-4-5-13(17-3)11(14)6-10/h4-6,9,12,16H,7-8,15H2,1-3H3. The number of hydrogen-bond donors (Lipinski definition) is 2. The van der Waals surface area contributed by atoms with Gasteiger partial charge in [0.2, 0.25) is 0 Å². The molecule has 0 bridgehead atoms. The topological polar surface area (TPSA) is 47.3 Å². The second kappa shape index (κ2) is 7.61. The van der Waals surface area contributed by atoms with E-state index in [2.05, 4.69) is 19.3 Å². The van der Waals surface area contributed by atoms with Crippen LogP contribution >= 0.6 is 11.8 Å². The maximum atomic E-state index is 13.6. The highest BCUT2D eigenvalue weighted by molar-refractivity contribution is 7.99. The number of nitrogens with one attached hydrogen (secondary N) is 1. The summed E-state index contributed by atoms with van der Waals surface area (Å²) >= 11 is 1.81. The lowest BCUT2D eigenvalue weighted by molar-refractivity contribution is 0.385. The number of ether oxygens (including phenoxy) is 1. The van der Waals surface area contributed by atoms with E-state index >= 15 is 0 Å². The van der Waals surface area contributed by atoms with Crippen LogP contribution in [0.1, 0.15) is 25.5 Å². The molecule has 0 saturated heterocycles. The number of methoxy groups -OCH3 is 1. The van der Waals surface area contributed by atoms with Crippen LogP contribution in [0.25, 0.3) is 0 Å². The Bertz CT molecular complexity index is 374. The van der Waals surface area contributed by atoms with Gasteiger partial charge in [0.05, 0.1) is 13.2 Å². The molecular formula is C13H21FN2OS. The zero-order valence-corrected chi connectivity index (χ0v) is 11.9. The summed E-state index contributed by atoms with van der Waals surface area (Å²) in [6, 6.07) is 4.89. The third-order valence-corrected chi connectivity index (χ3v) is 3.99. The van der Waals surface area contributed by atoms with E-state index in [1.807, 2.05) is 17.8 Å². The number of rotatable bonds is 7. The molecule has 0 aliphatic carbocycles. The van der Waals surface area contributed by atoms with Crippen LogP contribution in [-0.2, 0) is 0 Å². The van der Waals surface area contributed by atoms with Crippen molar-refractivity contribution in [1.82, 2.24) is 5.43 Å². The van der Waals surface area contributed by atoms with E-state index in [0.717, 1.165) is 17.1 Å². The lowest BCUT2D eigenvalue weighted by atomic mass is 10.1. The summed E-state index contributed by atoms with van der Waals surface area (Å²) in [7, 11) is 1.45. The van der Waals surface area contributed by atoms with E-state index in [-0.39, 0.29) is 17.6 Å². The van der Waals surface area contributed by atoms with Crippen molar-refractivity contribution >= 4 is 11.8 Å². The van der Waals surface area contributed by atoms with Gasteiger partial charge in [0.25, 0.3) is 0 Å². The van der Waals surface area contributed by atoms with Crippen LogP contribution < -0.4 is 16.0 Å². The summed E-state index contributed by atoms with van der Waals surface area (Å²) in [6.07, 6.45) is 0. The summed E-state index contributed by atoms with van der Waals surface area (Å²) in [5, 5.41) is 0. The fourth-order valence-electron chi connectivity index (χ4n) is 1.56. The van der Waals surface area contributed by atoms with Gasteiger partial charge in [-0.05, 0) is 29.4 Å². The molecule has 1 rings (SSSR count). The highest BCUT2D eigenvalue weighted by atomic mass is 32.2. The Labute approximate surface area is 112 Å². The van der Waals surface area contributed by atoms with E-state index < -0.39 is 0 Å². The molecule has 0 radical (unpaired) electrons. The van der Waals surface area contributed by atoms with Gasteiger partial charge < -0.3 is 4.74 Å². The third-order valence-electron chi connectivity index (χ3n) is 2.52. The highest BCUT2D eigenvalue weighted by Gasteiger charge is 2.13. The predicted octanol–water partition coefficient (Wildman–Crippen LogP) is 2.73. The summed E-state index contributed by atoms with van der Waals surface area (Å²) in [6.45, 7) is 4.34. The lowest BCUT2D eigenvalue weighted by Crippen LogP contribution is -2.30. The maximum absolute atomic E-state index is 13.6. The number of hydrazine groups is 1. The molecule has 1 atom stereocenters. The molecule has 0 aliphatic heterocycles. The third kappa shape index (κ3) is 4.48. The van der Waals surface area contributed by atoms with E-state index in [0.29, 0.717) is 5.92 Å². The van der Waals surface area contributed by atoms with Crippen molar-refractivity contribution in [1.29, 1.82) is 0 Å². The van der Waals surface area contributed by atoms with Crippen molar-refractivity contribution < 1.29 is 9.13 Å². The minimum atomic E-state index is -0.357. The second-order valence-corrected chi connectivity index (χ2v) is 5.62. The van der Waals surface area contributed by atoms with Crippen molar-refractivity contribution in [2.24, 2.45) is 11.8 Å². The summed E-state index contributed by atoms with van der Waals surface area (Å²) in [5.41, 5.74) is 3.57. The van der Waals surface area contributed by atoms with Crippen LogP contribution in [0.15, 0.2) is 18.2 Å². The van der Waals surface area contributed by atoms with E-state index in [9.17, 15) is 4.39 Å². The molecule has 1 aromatic rings. The van der Waals surface area contributed by atoms with Crippen molar-refractivity contribution in [2.45, 2.75) is 19.9 Å². The van der Waals surface area contributed by atoms with Crippen molar-refractivity contribution in [3.05, 3.63) is 29.6 Å². The molecule has 102 valence electrons. The Morgan fingerprint density at radius 3 is 2.61 bits per heavy atom. The molecule has 18 heavy (non-hydrogen) atoms. The Morgan fingerprint density at radius 1 is 1.39 bits per heavy atom. The Morgan fingerprint density at radius 2 is 2.11 bits per heavy atom. The van der Waals surface area contributed by atoms with Crippen molar-refractivity contribution in [3.63, 3.8) is 0 Å². The van der Waals surface area contributed by atoms with Gasteiger partial charge in [-0.15, -0.1) is 0 Å². The molecular weight excluding hydrogens is 251 g/mol. The molecule has 0 spiro atoms. The molecule has 0 fully saturated rings. The van der Waals surface area contributed by atoms with Crippen LogP contribution in [0.3, 0.4) is 0 Å². The zero-order chi connectivity index (χ0) is 13.5. The molecule has 0 aliphatic rings. The predicted molar refractivity (Wildman–Crippen MR) is 75.2 cm³/mol. The maximum Gasteiger partial charge on any atom is 0.165 e. The summed E-state index contributed by atoms with van der Waals surface area (Å²) in [4.78, 5) is 0. The van der Waals surface area contributed by atoms with Crippen molar-refractivity contribution in [3.8, 4) is 5.75 Å². The van der Waals surface area contributed by atoms with Crippen LogP contribution in [0.4, 0.5) is 4.39 Å². The lowest BCUT2D eigenvalue weighted by Gasteiger charge is -2.17. The number of halogens is 1. The van der Waals surface area contributed by atoms with Gasteiger partial charge in [-0.2, -0.15) is 11.8 Å². The summed E-state index contributed by atoms with van der Waals surface area (Å²) < 4.78 is 18.5. The van der Waals surface area contributed by atoms with Crippen LogP contribution in [-0.4, -0.2) is 18.6 Å². The average molecular weight is 272 g/mol. The Hall–Kier alpha value is -0.780. The fraction of sp³-hybridized carbons (Fsp3) is 0.538. The van der Waals surface area contributed by atoms with Gasteiger partial charge in [-0.3, -0.25) is 11.3 Å². The minimum absolute atomic E-state index is 0.0471. The first-order chi connectivity index (χ1) is 8.58. The highest BCUT2D eigenvalue weighted by Crippen LogP contribution is 2.24. The van der Waals surface area contributed by atoms with E-state index in [4.69, 9.17) is 10.6 Å².